The van der Waals surface area contributed by atoms with Crippen LogP contribution in [-0.2, 0) is 25.5 Å². The molecule has 1 heterocycles. The minimum Gasteiger partial charge on any atom is -0.458 e. The molecule has 1 aliphatic carbocycles. The summed E-state index contributed by atoms with van der Waals surface area (Å²) in [5.41, 5.74) is 3.53. The molecular formula is C19H21NO4. The summed E-state index contributed by atoms with van der Waals surface area (Å²) in [6.07, 6.45) is 4.12. The van der Waals surface area contributed by atoms with Crippen molar-refractivity contribution in [3.8, 4) is 0 Å². The van der Waals surface area contributed by atoms with Crippen molar-refractivity contribution in [1.29, 1.82) is 0 Å². The van der Waals surface area contributed by atoms with Crippen molar-refractivity contribution in [2.24, 2.45) is 0 Å². The average Bonchev–Trinajstić information content (AvgIpc) is 3.11. The van der Waals surface area contributed by atoms with Gasteiger partial charge in [0.05, 0.1) is 11.8 Å². The summed E-state index contributed by atoms with van der Waals surface area (Å²) in [5.74, 6) is -0.486. The largest absolute Gasteiger partial charge is 0.458 e. The number of carbonyl (C=O) groups is 2. The molecule has 1 amide bonds. The van der Waals surface area contributed by atoms with Gasteiger partial charge in [-0.3, -0.25) is 4.79 Å². The number of hydrogen-bond acceptors (Lipinski definition) is 4. The SMILES string of the molecule is CC1=CC(O/C=C(/C(=O)N(C)C)C2CCc3ccccc32)OC1=O. The van der Waals surface area contributed by atoms with Crippen molar-refractivity contribution >= 4 is 11.9 Å². The summed E-state index contributed by atoms with van der Waals surface area (Å²) in [5, 5.41) is 0. The van der Waals surface area contributed by atoms with Crippen LogP contribution in [0.2, 0.25) is 0 Å². The van der Waals surface area contributed by atoms with Gasteiger partial charge in [-0.25, -0.2) is 4.79 Å². The van der Waals surface area contributed by atoms with Gasteiger partial charge in [-0.15, -0.1) is 0 Å². The van der Waals surface area contributed by atoms with Gasteiger partial charge in [-0.05, 0) is 30.9 Å². The Kier molecular flexibility index (Phi) is 4.42. The lowest BCUT2D eigenvalue weighted by atomic mass is 9.92. The number of benzene rings is 1. The van der Waals surface area contributed by atoms with Crippen LogP contribution in [0, 0.1) is 0 Å². The van der Waals surface area contributed by atoms with Crippen LogP contribution in [0.5, 0.6) is 0 Å². The first-order chi connectivity index (χ1) is 11.5. The highest BCUT2D eigenvalue weighted by atomic mass is 16.7. The second kappa shape index (κ2) is 6.51. The van der Waals surface area contributed by atoms with Crippen molar-refractivity contribution in [2.75, 3.05) is 14.1 Å². The predicted octanol–water partition coefficient (Wildman–Crippen LogP) is 2.53. The van der Waals surface area contributed by atoms with E-state index < -0.39 is 6.29 Å². The van der Waals surface area contributed by atoms with Gasteiger partial charge in [-0.2, -0.15) is 0 Å². The fraction of sp³-hybridized carbons (Fsp3) is 0.368. The van der Waals surface area contributed by atoms with E-state index in [0.717, 1.165) is 18.4 Å². The molecule has 5 heteroatoms. The molecule has 0 radical (unpaired) electrons. The Balaban J connectivity index is 1.87. The molecule has 0 bridgehead atoms. The molecule has 1 aromatic rings. The summed E-state index contributed by atoms with van der Waals surface area (Å²) in [4.78, 5) is 25.6. The third-order valence-electron chi connectivity index (χ3n) is 4.42. The van der Waals surface area contributed by atoms with Crippen molar-refractivity contribution in [1.82, 2.24) is 4.90 Å². The molecule has 2 aliphatic rings. The summed E-state index contributed by atoms with van der Waals surface area (Å²) in [6.45, 7) is 1.68. The molecule has 0 spiro atoms. The van der Waals surface area contributed by atoms with Crippen LogP contribution in [-0.4, -0.2) is 37.2 Å². The van der Waals surface area contributed by atoms with Crippen LogP contribution in [0.3, 0.4) is 0 Å². The van der Waals surface area contributed by atoms with Crippen LogP contribution < -0.4 is 0 Å². The van der Waals surface area contributed by atoms with Gasteiger partial charge < -0.3 is 14.4 Å². The number of carbonyl (C=O) groups excluding carboxylic acids is 2. The van der Waals surface area contributed by atoms with E-state index in [1.54, 1.807) is 27.1 Å². The number of nitrogens with zero attached hydrogens (tertiary/aromatic N) is 1. The zero-order valence-corrected chi connectivity index (χ0v) is 14.1. The van der Waals surface area contributed by atoms with Crippen LogP contribution >= 0.6 is 0 Å². The number of rotatable bonds is 4. The third kappa shape index (κ3) is 3.07. The molecule has 2 unspecified atom stereocenters. The quantitative estimate of drug-likeness (QED) is 0.484. The second-order valence-corrected chi connectivity index (χ2v) is 6.32. The molecule has 0 N–H and O–H groups in total. The summed E-state index contributed by atoms with van der Waals surface area (Å²) in [6, 6.07) is 8.16. The minimum atomic E-state index is -0.765. The van der Waals surface area contributed by atoms with E-state index >= 15 is 0 Å². The lowest BCUT2D eigenvalue weighted by Gasteiger charge is -2.20. The van der Waals surface area contributed by atoms with Gasteiger partial charge in [0.25, 0.3) is 12.2 Å². The lowest BCUT2D eigenvalue weighted by Crippen LogP contribution is -2.26. The van der Waals surface area contributed by atoms with E-state index in [2.05, 4.69) is 12.1 Å². The molecule has 24 heavy (non-hydrogen) atoms. The van der Waals surface area contributed by atoms with Crippen LogP contribution in [0.1, 0.15) is 30.4 Å². The molecule has 0 aromatic heterocycles. The number of cyclic esters (lactones) is 1. The molecule has 0 saturated carbocycles. The Bertz CT molecular complexity index is 733. The first kappa shape index (κ1) is 16.3. The number of esters is 1. The Hall–Kier alpha value is -2.56. The maximum atomic E-state index is 12.6. The van der Waals surface area contributed by atoms with Crippen LogP contribution in [0.15, 0.2) is 47.7 Å². The number of ether oxygens (including phenoxy) is 2. The third-order valence-corrected chi connectivity index (χ3v) is 4.42. The second-order valence-electron chi connectivity index (χ2n) is 6.32. The summed E-state index contributed by atoms with van der Waals surface area (Å²) < 4.78 is 10.6. The van der Waals surface area contributed by atoms with Crippen LogP contribution in [0.25, 0.3) is 0 Å². The molecule has 0 saturated heterocycles. The molecule has 126 valence electrons. The number of amides is 1. The monoisotopic (exact) mass is 327 g/mol. The van der Waals surface area contributed by atoms with E-state index in [4.69, 9.17) is 9.47 Å². The number of hydrogen-bond donors (Lipinski definition) is 0. The van der Waals surface area contributed by atoms with E-state index in [-0.39, 0.29) is 17.8 Å². The Morgan fingerprint density at radius 1 is 1.33 bits per heavy atom. The number of likely N-dealkylation sites (N-methyl/N-ethyl adjacent to an activating group) is 1. The zero-order valence-electron chi connectivity index (χ0n) is 14.1. The van der Waals surface area contributed by atoms with E-state index in [1.165, 1.54) is 16.7 Å². The van der Waals surface area contributed by atoms with Crippen LogP contribution in [0.4, 0.5) is 0 Å². The molecule has 3 rings (SSSR count). The topological polar surface area (TPSA) is 55.8 Å². The Morgan fingerprint density at radius 2 is 2.08 bits per heavy atom. The summed E-state index contributed by atoms with van der Waals surface area (Å²) >= 11 is 0. The normalized spacial score (nSPS) is 22.7. The van der Waals surface area contributed by atoms with Gasteiger partial charge in [0.2, 0.25) is 0 Å². The molecular weight excluding hydrogens is 306 g/mol. The van der Waals surface area contributed by atoms with Crippen molar-refractivity contribution < 1.29 is 19.1 Å². The number of fused-ring (bicyclic) bond motifs is 1. The van der Waals surface area contributed by atoms with E-state index in [9.17, 15) is 9.59 Å². The average molecular weight is 327 g/mol. The highest BCUT2D eigenvalue weighted by Crippen LogP contribution is 2.38. The van der Waals surface area contributed by atoms with Gasteiger partial charge in [0.15, 0.2) is 0 Å². The highest BCUT2D eigenvalue weighted by Gasteiger charge is 2.31. The highest BCUT2D eigenvalue weighted by molar-refractivity contribution is 5.94. The Labute approximate surface area is 141 Å². The van der Waals surface area contributed by atoms with Gasteiger partial charge >= 0.3 is 5.97 Å². The minimum absolute atomic E-state index is 0.00159. The first-order valence-corrected chi connectivity index (χ1v) is 8.01. The standard InChI is InChI=1S/C19H21NO4/c1-12-10-17(24-19(12)22)23-11-16(18(21)20(2)3)15-9-8-13-6-4-5-7-14(13)15/h4-7,10-11,15,17H,8-9H2,1-3H3/b16-11+. The molecule has 5 nitrogen and oxygen atoms in total. The first-order valence-electron chi connectivity index (χ1n) is 8.01. The number of aryl methyl sites for hydroxylation is 1. The van der Waals surface area contributed by atoms with Gasteiger partial charge in [-0.1, -0.05) is 24.3 Å². The van der Waals surface area contributed by atoms with Gasteiger partial charge in [0, 0.05) is 31.7 Å². The van der Waals surface area contributed by atoms with Crippen molar-refractivity contribution in [2.45, 2.75) is 32.0 Å². The van der Waals surface area contributed by atoms with Crippen molar-refractivity contribution in [3.63, 3.8) is 0 Å². The molecule has 1 aromatic carbocycles. The maximum Gasteiger partial charge on any atom is 0.336 e. The maximum absolute atomic E-state index is 12.6. The zero-order chi connectivity index (χ0) is 17.3. The van der Waals surface area contributed by atoms with E-state index in [0.29, 0.717) is 11.1 Å². The smallest absolute Gasteiger partial charge is 0.336 e. The lowest BCUT2D eigenvalue weighted by molar-refractivity contribution is -0.152. The van der Waals surface area contributed by atoms with Crippen molar-refractivity contribution in [3.05, 3.63) is 58.9 Å². The summed E-state index contributed by atoms with van der Waals surface area (Å²) in [7, 11) is 3.44. The fourth-order valence-electron chi connectivity index (χ4n) is 3.13. The van der Waals surface area contributed by atoms with Gasteiger partial charge in [0.1, 0.15) is 0 Å². The fourth-order valence-corrected chi connectivity index (χ4v) is 3.13. The molecule has 0 fully saturated rings. The molecule has 1 aliphatic heterocycles. The van der Waals surface area contributed by atoms with E-state index in [1.807, 2.05) is 12.1 Å². The Morgan fingerprint density at radius 3 is 2.75 bits per heavy atom. The molecule has 2 atom stereocenters. The predicted molar refractivity (Wildman–Crippen MR) is 89.0 cm³/mol.